The molecule has 176 valence electrons. The van der Waals surface area contributed by atoms with Gasteiger partial charge in [0.1, 0.15) is 18.7 Å². The summed E-state index contributed by atoms with van der Waals surface area (Å²) in [7, 11) is 0. The number of nitrogens with one attached hydrogen (secondary N) is 1. The van der Waals surface area contributed by atoms with Gasteiger partial charge >= 0.3 is 0 Å². The lowest BCUT2D eigenvalue weighted by molar-refractivity contribution is -0.142. The van der Waals surface area contributed by atoms with Crippen molar-refractivity contribution in [1.29, 1.82) is 0 Å². The zero-order valence-electron chi connectivity index (χ0n) is 17.1. The largest absolute Gasteiger partial charge is 0.368 e. The van der Waals surface area contributed by atoms with Crippen LogP contribution in [-0.2, 0) is 14.3 Å². The van der Waals surface area contributed by atoms with E-state index in [4.69, 9.17) is 4.74 Å². The van der Waals surface area contributed by atoms with Crippen molar-refractivity contribution in [3.8, 4) is 0 Å². The third kappa shape index (κ3) is 6.49. The van der Waals surface area contributed by atoms with E-state index in [2.05, 4.69) is 5.32 Å². The molecule has 9 heteroatoms. The smallest absolute Gasteiger partial charge is 0.252 e. The summed E-state index contributed by atoms with van der Waals surface area (Å²) in [6, 6.07) is 0.712. The number of ketones is 1. The second-order valence-electron chi connectivity index (χ2n) is 8.21. The lowest BCUT2D eigenvalue weighted by Gasteiger charge is -2.38. The van der Waals surface area contributed by atoms with Gasteiger partial charge in [0.05, 0.1) is 11.7 Å². The maximum absolute atomic E-state index is 13.5. The highest BCUT2D eigenvalue weighted by atomic mass is 32.1. The lowest BCUT2D eigenvalue weighted by Crippen LogP contribution is -2.58. The summed E-state index contributed by atoms with van der Waals surface area (Å²) in [5.41, 5.74) is 0.586. The maximum Gasteiger partial charge on any atom is 0.252 e. The van der Waals surface area contributed by atoms with E-state index in [0.717, 1.165) is 25.7 Å². The molecule has 6 nitrogen and oxygen atoms in total. The van der Waals surface area contributed by atoms with Crippen LogP contribution in [0.4, 0.5) is 0 Å². The van der Waals surface area contributed by atoms with Crippen molar-refractivity contribution >= 4 is 55.9 Å². The number of thiophene rings is 1. The summed E-state index contributed by atoms with van der Waals surface area (Å²) in [5, 5.41) is 6.64. The summed E-state index contributed by atoms with van der Waals surface area (Å²) in [5.74, 6) is 0.0980. The van der Waals surface area contributed by atoms with Crippen LogP contribution in [0.5, 0.6) is 0 Å². The normalized spacial score (nSPS) is 24.1. The van der Waals surface area contributed by atoms with E-state index < -0.39 is 12.1 Å². The average Bonchev–Trinajstić information content (AvgIpc) is 3.38. The number of piperidine rings is 1. The van der Waals surface area contributed by atoms with Crippen LogP contribution < -0.4 is 5.32 Å². The van der Waals surface area contributed by atoms with Crippen molar-refractivity contribution in [1.82, 2.24) is 10.2 Å². The van der Waals surface area contributed by atoms with Crippen LogP contribution in [0.25, 0.3) is 0 Å². The second kappa shape index (κ2) is 12.9. The van der Waals surface area contributed by atoms with Gasteiger partial charge in [-0.25, -0.2) is 0 Å². The van der Waals surface area contributed by atoms with E-state index in [0.29, 0.717) is 24.4 Å². The van der Waals surface area contributed by atoms with E-state index in [1.165, 1.54) is 30.6 Å². The van der Waals surface area contributed by atoms with Crippen molar-refractivity contribution in [3.63, 3.8) is 0 Å². The average molecular weight is 489 g/mol. The number of hydrogen-bond acceptors (Lipinski definition) is 5. The molecule has 1 aliphatic carbocycles. The van der Waals surface area contributed by atoms with E-state index in [9.17, 15) is 14.4 Å². The van der Waals surface area contributed by atoms with Crippen molar-refractivity contribution in [2.24, 2.45) is 5.92 Å². The van der Waals surface area contributed by atoms with Gasteiger partial charge in [0.15, 0.2) is 5.78 Å². The number of carbonyl (C=O) groups excluding carboxylic acids is 3. The fourth-order valence-corrected chi connectivity index (χ4v) is 5.49. The first-order valence-corrected chi connectivity index (χ1v) is 11.4. The highest BCUT2D eigenvalue weighted by molar-refractivity contribution is 7.59. The van der Waals surface area contributed by atoms with Gasteiger partial charge in [-0.1, -0.05) is 39.5 Å². The minimum absolute atomic E-state index is 0. The summed E-state index contributed by atoms with van der Waals surface area (Å²) < 4.78 is 5.59. The molecule has 1 saturated carbocycles. The Morgan fingerprint density at radius 1 is 1.16 bits per heavy atom. The van der Waals surface area contributed by atoms with E-state index in [1.807, 2.05) is 5.38 Å². The highest BCUT2D eigenvalue weighted by Gasteiger charge is 2.46. The molecule has 1 N–H and O–H groups in total. The number of carbonyl (C=O) groups is 3. The number of fused-ring (bicyclic) bond motifs is 1. The number of nitrogens with zero attached hydrogens (tertiary/aromatic N) is 1. The molecule has 3 fully saturated rings. The third-order valence-corrected chi connectivity index (χ3v) is 6.99. The van der Waals surface area contributed by atoms with E-state index in [1.54, 1.807) is 16.3 Å². The van der Waals surface area contributed by atoms with Gasteiger partial charge in [0, 0.05) is 11.9 Å². The Bertz CT molecular complexity index is 722. The van der Waals surface area contributed by atoms with Crippen molar-refractivity contribution in [2.75, 3.05) is 13.2 Å². The fraction of sp³-hybridized carbons (Fsp3) is 0.682. The molecule has 2 aliphatic heterocycles. The Kier molecular flexibility index (Phi) is 11.6. The minimum Gasteiger partial charge on any atom is -0.368 e. The Morgan fingerprint density at radius 2 is 1.90 bits per heavy atom. The van der Waals surface area contributed by atoms with Crippen LogP contribution in [-0.4, -0.2) is 53.8 Å². The molecule has 1 aromatic rings. The molecule has 0 bridgehead atoms. The summed E-state index contributed by atoms with van der Waals surface area (Å²) in [6.45, 7) is 0.651. The lowest BCUT2D eigenvalue weighted by atomic mass is 9.84. The molecule has 31 heavy (non-hydrogen) atoms. The first kappa shape index (κ1) is 28.0. The van der Waals surface area contributed by atoms with Gasteiger partial charge in [-0.15, -0.1) is 0 Å². The van der Waals surface area contributed by atoms with Crippen LogP contribution in [0.15, 0.2) is 16.8 Å². The zero-order valence-corrected chi connectivity index (χ0v) is 19.9. The van der Waals surface area contributed by atoms with Crippen molar-refractivity contribution < 1.29 is 19.1 Å². The fourth-order valence-electron chi connectivity index (χ4n) is 4.85. The summed E-state index contributed by atoms with van der Waals surface area (Å²) >= 11 is 1.46. The second-order valence-corrected chi connectivity index (χ2v) is 8.99. The Balaban J connectivity index is 0.00000160. The van der Waals surface area contributed by atoms with Crippen LogP contribution in [0, 0.1) is 5.92 Å². The molecule has 1 aromatic heterocycles. The Morgan fingerprint density at radius 3 is 2.58 bits per heavy atom. The van der Waals surface area contributed by atoms with Crippen molar-refractivity contribution in [2.45, 2.75) is 77.0 Å². The number of rotatable bonds is 5. The van der Waals surface area contributed by atoms with Crippen LogP contribution in [0.2, 0.25) is 0 Å². The number of ether oxygens (including phenoxy) is 1. The molecular formula is C22H36N2O4S3. The Labute approximate surface area is 203 Å². The molecule has 4 rings (SSSR count). The van der Waals surface area contributed by atoms with Gasteiger partial charge < -0.3 is 15.0 Å². The molecule has 0 aromatic carbocycles. The van der Waals surface area contributed by atoms with Gasteiger partial charge in [-0.2, -0.15) is 38.3 Å². The minimum atomic E-state index is -0.581. The number of hydrogen-bond donors (Lipinski definition) is 1. The maximum atomic E-state index is 13.5. The quantitative estimate of drug-likeness (QED) is 0.687. The molecule has 0 unspecified atom stereocenters. The van der Waals surface area contributed by atoms with Crippen molar-refractivity contribution in [3.05, 3.63) is 22.4 Å². The number of amides is 2. The third-order valence-electron chi connectivity index (χ3n) is 6.31. The monoisotopic (exact) mass is 488 g/mol. The van der Waals surface area contributed by atoms with Gasteiger partial charge in [-0.3, -0.25) is 14.4 Å². The van der Waals surface area contributed by atoms with Crippen LogP contribution in [0.3, 0.4) is 0 Å². The van der Waals surface area contributed by atoms with E-state index in [-0.39, 0.29) is 64.7 Å². The number of Topliss-reactive ketones (excluding diaryl/α,β-unsaturated/α-hetero) is 1. The standard InChI is InChI=1S/C21H28N2O4S.CH4.2H2S/c24-17-12-27-18-7-4-9-23(19(17)18)21(26)16(11-14-5-2-1-3-6-14)22-20(25)15-8-10-28-13-15;;;/h8,10,13-14,16,18-19H,1-7,9,11-12H2,(H,22,25);1H4;2*1H2/t16-,18-,19-;;;/m0.../s1. The molecule has 0 spiro atoms. The van der Waals surface area contributed by atoms with Gasteiger partial charge in [0.25, 0.3) is 5.91 Å². The predicted octanol–water partition coefficient (Wildman–Crippen LogP) is 3.64. The molecule has 3 aliphatic rings. The first-order chi connectivity index (χ1) is 13.6. The van der Waals surface area contributed by atoms with E-state index >= 15 is 0 Å². The summed E-state index contributed by atoms with van der Waals surface area (Å²) in [4.78, 5) is 40.2. The van der Waals surface area contributed by atoms with Gasteiger partial charge in [-0.05, 0) is 36.6 Å². The predicted molar refractivity (Wildman–Crippen MR) is 134 cm³/mol. The molecule has 2 saturated heterocycles. The highest BCUT2D eigenvalue weighted by Crippen LogP contribution is 2.30. The molecule has 3 heterocycles. The summed E-state index contributed by atoms with van der Waals surface area (Å²) in [6.07, 6.45) is 7.93. The molecule has 3 atom stereocenters. The molecule has 2 amide bonds. The Hall–Kier alpha value is -1.03. The molecule has 0 radical (unpaired) electrons. The van der Waals surface area contributed by atoms with Crippen LogP contribution in [0.1, 0.15) is 69.2 Å². The van der Waals surface area contributed by atoms with Gasteiger partial charge in [0.2, 0.25) is 5.91 Å². The zero-order chi connectivity index (χ0) is 19.5. The first-order valence-electron chi connectivity index (χ1n) is 10.4. The topological polar surface area (TPSA) is 75.7 Å². The van der Waals surface area contributed by atoms with Crippen LogP contribution >= 0.6 is 38.3 Å². The number of likely N-dealkylation sites (tertiary alicyclic amines) is 1. The molecular weight excluding hydrogens is 452 g/mol. The SMILES string of the molecule is C.O=C(N[C@@H](CC1CCCCC1)C(=O)N1CCC[C@@H]2OCC(=O)[C@@H]21)c1ccsc1.S.S.